The van der Waals surface area contributed by atoms with Crippen molar-refractivity contribution in [1.82, 2.24) is 10.2 Å². The molecule has 0 amide bonds. The lowest BCUT2D eigenvalue weighted by Crippen LogP contribution is -2.72. The Labute approximate surface area is 129 Å². The molecule has 116 valence electrons. The Balaban J connectivity index is 1.96. The van der Waals surface area contributed by atoms with Crippen molar-refractivity contribution in [3.8, 4) is 0 Å². The summed E-state index contributed by atoms with van der Waals surface area (Å²) in [6.07, 6.45) is 0. The molecule has 21 heavy (non-hydrogen) atoms. The van der Waals surface area contributed by atoms with Gasteiger partial charge >= 0.3 is 0 Å². The summed E-state index contributed by atoms with van der Waals surface area (Å²) in [5, 5.41) is 3.54. The number of guanidine groups is 1. The van der Waals surface area contributed by atoms with Crippen LogP contribution in [0.4, 0.5) is 0 Å². The molecule has 0 spiro atoms. The maximum absolute atomic E-state index is 4.47. The summed E-state index contributed by atoms with van der Waals surface area (Å²) >= 11 is 0. The number of likely N-dealkylation sites (tertiary alicyclic amines) is 1. The third-order valence-electron chi connectivity index (χ3n) is 5.29. The van der Waals surface area contributed by atoms with E-state index < -0.39 is 0 Å². The van der Waals surface area contributed by atoms with Gasteiger partial charge in [0.15, 0.2) is 5.96 Å². The van der Waals surface area contributed by atoms with Gasteiger partial charge in [-0.15, -0.1) is 0 Å². The van der Waals surface area contributed by atoms with E-state index in [-0.39, 0.29) is 5.54 Å². The Morgan fingerprint density at radius 2 is 1.86 bits per heavy atom. The van der Waals surface area contributed by atoms with Gasteiger partial charge in [-0.1, -0.05) is 51.1 Å². The minimum absolute atomic E-state index is 0.144. The zero-order valence-electron chi connectivity index (χ0n) is 14.3. The van der Waals surface area contributed by atoms with E-state index in [0.717, 1.165) is 19.0 Å². The normalized spacial score (nSPS) is 21.6. The van der Waals surface area contributed by atoms with Gasteiger partial charge in [0.25, 0.3) is 0 Å². The molecule has 1 aromatic carbocycles. The maximum atomic E-state index is 4.47. The van der Waals surface area contributed by atoms with Crippen molar-refractivity contribution in [3.05, 3.63) is 35.9 Å². The van der Waals surface area contributed by atoms with Crippen molar-refractivity contribution < 1.29 is 0 Å². The summed E-state index contributed by atoms with van der Waals surface area (Å²) in [5.74, 6) is 1.49. The third kappa shape index (κ3) is 2.92. The number of hydrogen-bond acceptors (Lipinski definition) is 1. The summed E-state index contributed by atoms with van der Waals surface area (Å²) in [7, 11) is 1.87. The van der Waals surface area contributed by atoms with Crippen LogP contribution < -0.4 is 5.32 Å². The van der Waals surface area contributed by atoms with Gasteiger partial charge in [0, 0.05) is 31.1 Å². The summed E-state index contributed by atoms with van der Waals surface area (Å²) in [6.45, 7) is 13.4. The number of nitrogens with one attached hydrogen (secondary N) is 1. The van der Waals surface area contributed by atoms with Gasteiger partial charge < -0.3 is 10.2 Å². The predicted octanol–water partition coefficient (Wildman–Crippen LogP) is 3.49. The molecule has 3 nitrogen and oxygen atoms in total. The summed E-state index contributed by atoms with van der Waals surface area (Å²) in [5.41, 5.74) is 1.84. The highest BCUT2D eigenvalue weighted by Gasteiger charge is 2.53. The fraction of sp³-hybridized carbons (Fsp3) is 0.611. The van der Waals surface area contributed by atoms with Crippen LogP contribution in [0.3, 0.4) is 0 Å². The van der Waals surface area contributed by atoms with Gasteiger partial charge in [0.1, 0.15) is 0 Å². The van der Waals surface area contributed by atoms with Gasteiger partial charge in [-0.25, -0.2) is 0 Å². The maximum Gasteiger partial charge on any atom is 0.194 e. The van der Waals surface area contributed by atoms with Gasteiger partial charge in [-0.3, -0.25) is 4.99 Å². The molecular formula is C18H29N3. The Kier molecular flexibility index (Phi) is 4.31. The topological polar surface area (TPSA) is 27.6 Å². The highest BCUT2D eigenvalue weighted by atomic mass is 15.4. The molecule has 0 bridgehead atoms. The SMILES string of the molecule is CN=C(NCC(C)c1ccccc1)N1CC(C)(C)C1(C)C. The summed E-state index contributed by atoms with van der Waals surface area (Å²) in [6, 6.07) is 10.6. The van der Waals surface area contributed by atoms with Crippen molar-refractivity contribution in [1.29, 1.82) is 0 Å². The molecule has 0 aliphatic carbocycles. The van der Waals surface area contributed by atoms with E-state index in [1.807, 2.05) is 7.05 Å². The van der Waals surface area contributed by atoms with Crippen LogP contribution in [-0.2, 0) is 0 Å². The molecule has 1 aromatic rings. The predicted molar refractivity (Wildman–Crippen MR) is 90.8 cm³/mol. The Bertz CT molecular complexity index is 502. The van der Waals surface area contributed by atoms with Gasteiger partial charge in [-0.05, 0) is 25.3 Å². The van der Waals surface area contributed by atoms with E-state index in [4.69, 9.17) is 0 Å². The van der Waals surface area contributed by atoms with Gasteiger partial charge in [0.2, 0.25) is 0 Å². The van der Waals surface area contributed by atoms with Crippen LogP contribution in [0.1, 0.15) is 46.1 Å². The molecule has 1 heterocycles. The largest absolute Gasteiger partial charge is 0.356 e. The molecule has 1 aliphatic rings. The molecule has 1 atom stereocenters. The van der Waals surface area contributed by atoms with E-state index in [1.54, 1.807) is 0 Å². The molecule has 3 heteroatoms. The van der Waals surface area contributed by atoms with Crippen LogP contribution >= 0.6 is 0 Å². The van der Waals surface area contributed by atoms with Crippen molar-refractivity contribution in [2.75, 3.05) is 20.1 Å². The second-order valence-electron chi connectivity index (χ2n) is 7.27. The average molecular weight is 287 g/mol. The minimum Gasteiger partial charge on any atom is -0.356 e. The van der Waals surface area contributed by atoms with Crippen molar-refractivity contribution in [3.63, 3.8) is 0 Å². The van der Waals surface area contributed by atoms with E-state index >= 15 is 0 Å². The zero-order valence-corrected chi connectivity index (χ0v) is 14.3. The molecular weight excluding hydrogens is 258 g/mol. The molecule has 0 saturated carbocycles. The van der Waals surface area contributed by atoms with Crippen molar-refractivity contribution in [2.24, 2.45) is 10.4 Å². The van der Waals surface area contributed by atoms with E-state index in [0.29, 0.717) is 11.3 Å². The van der Waals surface area contributed by atoms with E-state index in [9.17, 15) is 0 Å². The molecule has 1 N–H and O–H groups in total. The summed E-state index contributed by atoms with van der Waals surface area (Å²) < 4.78 is 0. The number of benzene rings is 1. The first-order valence-corrected chi connectivity index (χ1v) is 7.83. The first-order valence-electron chi connectivity index (χ1n) is 7.83. The highest BCUT2D eigenvalue weighted by molar-refractivity contribution is 5.82. The fourth-order valence-corrected chi connectivity index (χ4v) is 2.84. The lowest BCUT2D eigenvalue weighted by Gasteiger charge is -2.62. The van der Waals surface area contributed by atoms with E-state index in [1.165, 1.54) is 5.56 Å². The number of hydrogen-bond donors (Lipinski definition) is 1. The number of rotatable bonds is 3. The van der Waals surface area contributed by atoms with Crippen molar-refractivity contribution >= 4 is 5.96 Å². The molecule has 1 saturated heterocycles. The highest BCUT2D eigenvalue weighted by Crippen LogP contribution is 2.46. The first-order chi connectivity index (χ1) is 9.79. The van der Waals surface area contributed by atoms with Gasteiger partial charge in [0.05, 0.1) is 0 Å². The molecule has 1 fully saturated rings. The Morgan fingerprint density at radius 1 is 1.24 bits per heavy atom. The van der Waals surface area contributed by atoms with Crippen LogP contribution in [-0.4, -0.2) is 36.5 Å². The minimum atomic E-state index is 0.144. The zero-order chi connectivity index (χ0) is 15.7. The van der Waals surface area contributed by atoms with Crippen LogP contribution in [0.5, 0.6) is 0 Å². The van der Waals surface area contributed by atoms with E-state index in [2.05, 4.69) is 80.2 Å². The van der Waals surface area contributed by atoms with Crippen LogP contribution in [0.2, 0.25) is 0 Å². The summed E-state index contributed by atoms with van der Waals surface area (Å²) in [4.78, 5) is 6.85. The second-order valence-corrected chi connectivity index (χ2v) is 7.27. The smallest absolute Gasteiger partial charge is 0.194 e. The third-order valence-corrected chi connectivity index (χ3v) is 5.29. The molecule has 2 rings (SSSR count). The Hall–Kier alpha value is -1.51. The standard InChI is InChI=1S/C18H29N3/c1-14(15-10-8-7-9-11-15)12-20-16(19-6)21-13-17(2,3)18(21,4)5/h7-11,14H,12-13H2,1-6H3,(H,19,20). The van der Waals surface area contributed by atoms with Crippen LogP contribution in [0.25, 0.3) is 0 Å². The quantitative estimate of drug-likeness (QED) is 0.681. The number of aliphatic imine (C=N–C) groups is 1. The molecule has 0 radical (unpaired) electrons. The van der Waals surface area contributed by atoms with Crippen LogP contribution in [0.15, 0.2) is 35.3 Å². The second kappa shape index (κ2) is 5.70. The lowest BCUT2D eigenvalue weighted by molar-refractivity contribution is -0.0667. The monoisotopic (exact) mass is 287 g/mol. The first kappa shape index (κ1) is 15.9. The average Bonchev–Trinajstić information content (AvgIpc) is 2.47. The lowest BCUT2D eigenvalue weighted by atomic mass is 9.65. The van der Waals surface area contributed by atoms with Crippen molar-refractivity contribution in [2.45, 2.75) is 46.1 Å². The fourth-order valence-electron chi connectivity index (χ4n) is 2.84. The molecule has 1 aliphatic heterocycles. The number of nitrogens with zero attached hydrogens (tertiary/aromatic N) is 2. The molecule has 0 aromatic heterocycles. The Morgan fingerprint density at radius 3 is 2.33 bits per heavy atom. The van der Waals surface area contributed by atoms with Gasteiger partial charge in [-0.2, -0.15) is 0 Å². The molecule has 1 unspecified atom stereocenters. The van der Waals surface area contributed by atoms with Crippen LogP contribution in [0, 0.1) is 5.41 Å².